The van der Waals surface area contributed by atoms with Crippen molar-refractivity contribution in [3.8, 4) is 23.4 Å². The summed E-state index contributed by atoms with van der Waals surface area (Å²) >= 11 is 0. The van der Waals surface area contributed by atoms with Gasteiger partial charge in [0.25, 0.3) is 0 Å². The van der Waals surface area contributed by atoms with E-state index in [1.165, 1.54) is 12.1 Å². The van der Waals surface area contributed by atoms with E-state index in [0.29, 0.717) is 11.1 Å². The second kappa shape index (κ2) is 6.09. The van der Waals surface area contributed by atoms with Crippen molar-refractivity contribution in [1.82, 2.24) is 4.98 Å². The average Bonchev–Trinajstić information content (AvgIpc) is 3.22. The van der Waals surface area contributed by atoms with Gasteiger partial charge in [0.15, 0.2) is 5.78 Å². The zero-order valence-corrected chi connectivity index (χ0v) is 14.9. The van der Waals surface area contributed by atoms with Crippen LogP contribution < -0.4 is 0 Å². The third-order valence-electron chi connectivity index (χ3n) is 5.22. The van der Waals surface area contributed by atoms with Gasteiger partial charge in [-0.3, -0.25) is 9.78 Å². The standard InChI is InChI=1S/C24H10FN3O/c25-14-7-8-16-19(10-14)24(29)22(20(16)13(11-26)12-27)21-15-4-1-2-5-17(15)23-18(21)6-3-9-28-23/h1-10H/b22-21-. The van der Waals surface area contributed by atoms with Crippen molar-refractivity contribution in [2.45, 2.75) is 0 Å². The number of halogens is 1. The minimum Gasteiger partial charge on any atom is -0.289 e. The van der Waals surface area contributed by atoms with E-state index in [1.54, 1.807) is 12.3 Å². The molecule has 134 valence electrons. The topological polar surface area (TPSA) is 77.5 Å². The number of aromatic nitrogens is 1. The lowest BCUT2D eigenvalue weighted by atomic mass is 9.91. The molecule has 1 heterocycles. The van der Waals surface area contributed by atoms with Gasteiger partial charge in [0.2, 0.25) is 0 Å². The number of hydrogen-bond acceptors (Lipinski definition) is 4. The molecule has 5 rings (SSSR count). The Morgan fingerprint density at radius 1 is 0.828 bits per heavy atom. The lowest BCUT2D eigenvalue weighted by molar-refractivity contribution is 0.104. The van der Waals surface area contributed by atoms with E-state index < -0.39 is 11.6 Å². The van der Waals surface area contributed by atoms with Crippen LogP contribution in [0.1, 0.15) is 27.0 Å². The summed E-state index contributed by atoms with van der Waals surface area (Å²) in [6.45, 7) is 0. The van der Waals surface area contributed by atoms with Crippen LogP contribution in [0.15, 0.2) is 71.9 Å². The Morgan fingerprint density at radius 3 is 2.31 bits per heavy atom. The molecule has 29 heavy (non-hydrogen) atoms. The van der Waals surface area contributed by atoms with Crippen LogP contribution >= 0.6 is 0 Å². The molecule has 0 unspecified atom stereocenters. The molecule has 0 bridgehead atoms. The molecule has 4 nitrogen and oxygen atoms in total. The Morgan fingerprint density at radius 2 is 1.55 bits per heavy atom. The fraction of sp³-hybridized carbons (Fsp3) is 0. The van der Waals surface area contributed by atoms with Crippen LogP contribution in [0.4, 0.5) is 4.39 Å². The van der Waals surface area contributed by atoms with E-state index in [1.807, 2.05) is 42.5 Å². The van der Waals surface area contributed by atoms with Gasteiger partial charge in [-0.15, -0.1) is 0 Å². The van der Waals surface area contributed by atoms with Crippen molar-refractivity contribution >= 4 is 16.9 Å². The van der Waals surface area contributed by atoms with Crippen LogP contribution in [-0.4, -0.2) is 10.8 Å². The summed E-state index contributed by atoms with van der Waals surface area (Å²) in [7, 11) is 0. The SMILES string of the molecule is N#CC(C#N)=C1/C(=C2\c3ccccc3-c3ncccc32)C(=O)c2cc(F)ccc21. The van der Waals surface area contributed by atoms with Gasteiger partial charge in [-0.1, -0.05) is 36.4 Å². The quantitative estimate of drug-likeness (QED) is 0.330. The minimum absolute atomic E-state index is 0.153. The predicted octanol–water partition coefficient (Wildman–Crippen LogP) is 4.70. The first-order valence-corrected chi connectivity index (χ1v) is 8.84. The van der Waals surface area contributed by atoms with Crippen LogP contribution in [0.2, 0.25) is 0 Å². The largest absolute Gasteiger partial charge is 0.289 e. The van der Waals surface area contributed by atoms with Crippen LogP contribution in [-0.2, 0) is 0 Å². The Kier molecular flexibility index (Phi) is 3.52. The number of rotatable bonds is 0. The Bertz CT molecular complexity index is 1340. The Labute approximate surface area is 165 Å². The average molecular weight is 375 g/mol. The summed E-state index contributed by atoms with van der Waals surface area (Å²) in [5, 5.41) is 19.1. The number of allylic oxidation sites excluding steroid dienone is 3. The molecule has 0 saturated heterocycles. The van der Waals surface area contributed by atoms with Crippen molar-refractivity contribution in [3.63, 3.8) is 0 Å². The molecule has 5 heteroatoms. The number of nitrogens with zero attached hydrogens (tertiary/aromatic N) is 3. The molecule has 3 aromatic rings. The van der Waals surface area contributed by atoms with Gasteiger partial charge in [0, 0.05) is 39.6 Å². The van der Waals surface area contributed by atoms with E-state index in [-0.39, 0.29) is 22.3 Å². The minimum atomic E-state index is -0.549. The first kappa shape index (κ1) is 16.8. The molecule has 0 N–H and O–H groups in total. The summed E-state index contributed by atoms with van der Waals surface area (Å²) < 4.78 is 13.9. The number of ketones is 1. The number of carbonyl (C=O) groups is 1. The van der Waals surface area contributed by atoms with Crippen LogP contribution in [0.3, 0.4) is 0 Å². The molecule has 2 aliphatic carbocycles. The van der Waals surface area contributed by atoms with E-state index in [9.17, 15) is 19.7 Å². The second-order valence-electron chi connectivity index (χ2n) is 6.69. The number of hydrogen-bond donors (Lipinski definition) is 0. The monoisotopic (exact) mass is 375 g/mol. The summed E-state index contributed by atoms with van der Waals surface area (Å²) in [6, 6.07) is 18.8. The maximum Gasteiger partial charge on any atom is 0.195 e. The lowest BCUT2D eigenvalue weighted by Gasteiger charge is -2.09. The van der Waals surface area contributed by atoms with Gasteiger partial charge in [0.05, 0.1) is 5.69 Å². The first-order valence-electron chi connectivity index (χ1n) is 8.84. The normalized spacial score (nSPS) is 16.0. The molecule has 0 saturated carbocycles. The van der Waals surface area contributed by atoms with Crippen molar-refractivity contribution < 1.29 is 9.18 Å². The van der Waals surface area contributed by atoms with E-state index in [2.05, 4.69) is 4.98 Å². The number of nitriles is 2. The fourth-order valence-corrected chi connectivity index (χ4v) is 4.08. The van der Waals surface area contributed by atoms with Gasteiger partial charge in [0.1, 0.15) is 23.5 Å². The molecule has 2 aliphatic rings. The zero-order valence-electron chi connectivity index (χ0n) is 14.9. The third-order valence-corrected chi connectivity index (χ3v) is 5.22. The van der Waals surface area contributed by atoms with Crippen molar-refractivity contribution in [3.05, 3.63) is 100 Å². The van der Waals surface area contributed by atoms with Crippen LogP contribution in [0.25, 0.3) is 22.4 Å². The zero-order chi connectivity index (χ0) is 20.1. The van der Waals surface area contributed by atoms with Crippen LogP contribution in [0, 0.1) is 28.5 Å². The van der Waals surface area contributed by atoms with Gasteiger partial charge in [-0.2, -0.15) is 10.5 Å². The van der Waals surface area contributed by atoms with Gasteiger partial charge < -0.3 is 0 Å². The van der Waals surface area contributed by atoms with Crippen molar-refractivity contribution in [2.75, 3.05) is 0 Å². The smallest absolute Gasteiger partial charge is 0.195 e. The molecular weight excluding hydrogens is 365 g/mol. The molecule has 0 radical (unpaired) electrons. The summed E-state index contributed by atoms with van der Waals surface area (Å²) in [4.78, 5) is 17.9. The fourth-order valence-electron chi connectivity index (χ4n) is 4.08. The molecule has 0 aliphatic heterocycles. The maximum atomic E-state index is 13.9. The van der Waals surface area contributed by atoms with Crippen molar-refractivity contribution in [2.24, 2.45) is 0 Å². The summed E-state index contributed by atoms with van der Waals surface area (Å²) in [5.74, 6) is -0.953. The molecule has 1 aromatic heterocycles. The summed E-state index contributed by atoms with van der Waals surface area (Å²) in [5.41, 5.74) is 4.62. The highest BCUT2D eigenvalue weighted by molar-refractivity contribution is 6.33. The molecular formula is C24H10FN3O. The first-order chi connectivity index (χ1) is 14.2. The van der Waals surface area contributed by atoms with Gasteiger partial charge >= 0.3 is 0 Å². The number of pyridine rings is 1. The second-order valence-corrected chi connectivity index (χ2v) is 6.69. The Hall–Kier alpha value is -4.35. The number of Topliss-reactive ketones (excluding diaryl/α,β-unsaturated/α-hetero) is 1. The lowest BCUT2D eigenvalue weighted by Crippen LogP contribution is -2.01. The van der Waals surface area contributed by atoms with Gasteiger partial charge in [-0.25, -0.2) is 4.39 Å². The molecule has 0 amide bonds. The van der Waals surface area contributed by atoms with E-state index in [0.717, 1.165) is 28.5 Å². The highest BCUT2D eigenvalue weighted by atomic mass is 19.1. The van der Waals surface area contributed by atoms with Crippen LogP contribution in [0.5, 0.6) is 0 Å². The highest BCUT2D eigenvalue weighted by Gasteiger charge is 2.38. The predicted molar refractivity (Wildman–Crippen MR) is 105 cm³/mol. The number of fused-ring (bicyclic) bond motifs is 4. The molecule has 0 spiro atoms. The number of benzene rings is 2. The van der Waals surface area contributed by atoms with E-state index in [4.69, 9.17) is 0 Å². The molecule has 0 fully saturated rings. The summed E-state index contributed by atoms with van der Waals surface area (Å²) in [6.07, 6.45) is 1.68. The molecule has 0 atom stereocenters. The highest BCUT2D eigenvalue weighted by Crippen LogP contribution is 2.50. The van der Waals surface area contributed by atoms with Crippen molar-refractivity contribution in [1.29, 1.82) is 10.5 Å². The number of carbonyl (C=O) groups excluding carboxylic acids is 1. The third kappa shape index (κ3) is 2.22. The molecule has 2 aromatic carbocycles. The van der Waals surface area contributed by atoms with E-state index >= 15 is 0 Å². The Balaban J connectivity index is 1.97. The van der Waals surface area contributed by atoms with Gasteiger partial charge in [-0.05, 0) is 29.3 Å². The maximum absolute atomic E-state index is 13.9.